The SMILES string of the molecule is C=Cc1ccnc(C(F)(F)F)c1. The molecular formula is C8H6F3N. The van der Waals surface area contributed by atoms with E-state index < -0.39 is 11.9 Å². The van der Waals surface area contributed by atoms with E-state index in [2.05, 4.69) is 11.6 Å². The van der Waals surface area contributed by atoms with Gasteiger partial charge in [0.05, 0.1) is 0 Å². The van der Waals surface area contributed by atoms with Crippen molar-refractivity contribution in [2.45, 2.75) is 6.18 Å². The van der Waals surface area contributed by atoms with Gasteiger partial charge in [-0.25, -0.2) is 0 Å². The lowest BCUT2D eigenvalue weighted by atomic mass is 10.2. The number of halogens is 3. The first-order chi connectivity index (χ1) is 5.54. The van der Waals surface area contributed by atoms with Gasteiger partial charge in [0.1, 0.15) is 5.69 Å². The molecule has 1 aromatic heterocycles. The minimum Gasteiger partial charge on any atom is -0.252 e. The average Bonchev–Trinajstić information content (AvgIpc) is 2.03. The smallest absolute Gasteiger partial charge is 0.252 e. The van der Waals surface area contributed by atoms with Crippen molar-refractivity contribution in [2.24, 2.45) is 0 Å². The fourth-order valence-electron chi connectivity index (χ4n) is 0.729. The Labute approximate surface area is 67.6 Å². The molecule has 1 aromatic rings. The maximum absolute atomic E-state index is 12.0. The number of aromatic nitrogens is 1. The van der Waals surface area contributed by atoms with Gasteiger partial charge in [-0.15, -0.1) is 0 Å². The Kier molecular flexibility index (Phi) is 2.17. The van der Waals surface area contributed by atoms with Crippen molar-refractivity contribution >= 4 is 6.08 Å². The van der Waals surface area contributed by atoms with Gasteiger partial charge in [0, 0.05) is 6.20 Å². The van der Waals surface area contributed by atoms with Crippen molar-refractivity contribution in [1.82, 2.24) is 4.98 Å². The molecule has 0 saturated heterocycles. The number of nitrogens with zero attached hydrogens (tertiary/aromatic N) is 1. The molecule has 1 rings (SSSR count). The van der Waals surface area contributed by atoms with Crippen molar-refractivity contribution in [2.75, 3.05) is 0 Å². The van der Waals surface area contributed by atoms with E-state index >= 15 is 0 Å². The lowest BCUT2D eigenvalue weighted by Crippen LogP contribution is -2.07. The fourth-order valence-corrected chi connectivity index (χ4v) is 0.729. The van der Waals surface area contributed by atoms with Gasteiger partial charge in [0.15, 0.2) is 0 Å². The molecule has 1 nitrogen and oxygen atoms in total. The van der Waals surface area contributed by atoms with Crippen LogP contribution in [0.1, 0.15) is 11.3 Å². The molecule has 4 heteroatoms. The molecule has 12 heavy (non-hydrogen) atoms. The van der Waals surface area contributed by atoms with Gasteiger partial charge in [-0.2, -0.15) is 13.2 Å². The third-order valence-electron chi connectivity index (χ3n) is 1.31. The van der Waals surface area contributed by atoms with Gasteiger partial charge < -0.3 is 0 Å². The summed E-state index contributed by atoms with van der Waals surface area (Å²) in [5.74, 6) is 0. The molecule has 1 heterocycles. The van der Waals surface area contributed by atoms with E-state index in [0.717, 1.165) is 12.3 Å². The quantitative estimate of drug-likeness (QED) is 0.636. The third kappa shape index (κ3) is 1.84. The van der Waals surface area contributed by atoms with E-state index in [4.69, 9.17) is 0 Å². The molecule has 0 aliphatic heterocycles. The van der Waals surface area contributed by atoms with Gasteiger partial charge in [0.25, 0.3) is 0 Å². The Hall–Kier alpha value is -1.32. The molecule has 0 unspecified atom stereocenters. The summed E-state index contributed by atoms with van der Waals surface area (Å²) in [5, 5.41) is 0. The molecule has 0 amide bonds. The Balaban J connectivity index is 3.10. The zero-order valence-electron chi connectivity index (χ0n) is 6.10. The summed E-state index contributed by atoms with van der Waals surface area (Å²) < 4.78 is 36.0. The van der Waals surface area contributed by atoms with Crippen molar-refractivity contribution in [3.8, 4) is 0 Å². The van der Waals surface area contributed by atoms with Gasteiger partial charge in [-0.3, -0.25) is 4.98 Å². The lowest BCUT2D eigenvalue weighted by Gasteiger charge is -2.04. The lowest BCUT2D eigenvalue weighted by molar-refractivity contribution is -0.141. The van der Waals surface area contributed by atoms with E-state index in [1.165, 1.54) is 12.1 Å². The number of hydrogen-bond donors (Lipinski definition) is 0. The van der Waals surface area contributed by atoms with E-state index in [9.17, 15) is 13.2 Å². The second-order valence-corrected chi connectivity index (χ2v) is 2.18. The molecule has 0 saturated carbocycles. The minimum absolute atomic E-state index is 0.414. The molecule has 0 radical (unpaired) electrons. The zero-order valence-corrected chi connectivity index (χ0v) is 6.10. The fraction of sp³-hybridized carbons (Fsp3) is 0.125. The van der Waals surface area contributed by atoms with Gasteiger partial charge >= 0.3 is 6.18 Å². The second-order valence-electron chi connectivity index (χ2n) is 2.18. The van der Waals surface area contributed by atoms with Gasteiger partial charge in [-0.1, -0.05) is 12.7 Å². The molecule has 0 atom stereocenters. The summed E-state index contributed by atoms with van der Waals surface area (Å²) in [4.78, 5) is 3.19. The number of hydrogen-bond acceptors (Lipinski definition) is 1. The first-order valence-electron chi connectivity index (χ1n) is 3.20. The molecule has 0 aromatic carbocycles. The second kappa shape index (κ2) is 2.97. The monoisotopic (exact) mass is 173 g/mol. The van der Waals surface area contributed by atoms with Crippen LogP contribution < -0.4 is 0 Å². The van der Waals surface area contributed by atoms with Crippen LogP contribution in [-0.4, -0.2) is 4.98 Å². The largest absolute Gasteiger partial charge is 0.433 e. The predicted octanol–water partition coefficient (Wildman–Crippen LogP) is 2.74. The Bertz CT molecular complexity index is 291. The molecular weight excluding hydrogens is 167 g/mol. The number of rotatable bonds is 1. The average molecular weight is 173 g/mol. The summed E-state index contributed by atoms with van der Waals surface area (Å²) in [6.45, 7) is 3.36. The molecule has 64 valence electrons. The topological polar surface area (TPSA) is 12.9 Å². The highest BCUT2D eigenvalue weighted by molar-refractivity contribution is 5.46. The van der Waals surface area contributed by atoms with Gasteiger partial charge in [0.2, 0.25) is 0 Å². The first kappa shape index (κ1) is 8.77. The van der Waals surface area contributed by atoms with Crippen molar-refractivity contribution < 1.29 is 13.2 Å². The van der Waals surface area contributed by atoms with E-state index in [1.54, 1.807) is 0 Å². The van der Waals surface area contributed by atoms with E-state index in [-0.39, 0.29) is 0 Å². The molecule has 0 spiro atoms. The van der Waals surface area contributed by atoms with Crippen LogP contribution in [0.15, 0.2) is 24.9 Å². The Morgan fingerprint density at radius 1 is 1.42 bits per heavy atom. The number of alkyl halides is 3. The molecule has 0 fully saturated rings. The Morgan fingerprint density at radius 3 is 2.58 bits per heavy atom. The molecule has 0 aliphatic carbocycles. The highest BCUT2D eigenvalue weighted by Crippen LogP contribution is 2.27. The number of pyridine rings is 1. The van der Waals surface area contributed by atoms with Gasteiger partial charge in [-0.05, 0) is 17.7 Å². The maximum atomic E-state index is 12.0. The van der Waals surface area contributed by atoms with Crippen LogP contribution in [0.4, 0.5) is 13.2 Å². The van der Waals surface area contributed by atoms with Crippen molar-refractivity contribution in [3.63, 3.8) is 0 Å². The minimum atomic E-state index is -4.38. The molecule has 0 N–H and O–H groups in total. The molecule has 0 aliphatic rings. The third-order valence-corrected chi connectivity index (χ3v) is 1.31. The van der Waals surface area contributed by atoms with Crippen LogP contribution in [0.5, 0.6) is 0 Å². The van der Waals surface area contributed by atoms with Crippen molar-refractivity contribution in [1.29, 1.82) is 0 Å². The summed E-state index contributed by atoms with van der Waals surface area (Å²) in [6, 6.07) is 2.41. The van der Waals surface area contributed by atoms with Crippen LogP contribution >= 0.6 is 0 Å². The predicted molar refractivity (Wildman–Crippen MR) is 39.3 cm³/mol. The summed E-state index contributed by atoms with van der Waals surface area (Å²) >= 11 is 0. The van der Waals surface area contributed by atoms with Crippen LogP contribution in [0.25, 0.3) is 6.08 Å². The summed E-state index contributed by atoms with van der Waals surface area (Å²) in [7, 11) is 0. The normalized spacial score (nSPS) is 11.2. The zero-order chi connectivity index (χ0) is 9.19. The first-order valence-corrected chi connectivity index (χ1v) is 3.20. The van der Waals surface area contributed by atoms with Crippen molar-refractivity contribution in [3.05, 3.63) is 36.2 Å². The van der Waals surface area contributed by atoms with Crippen LogP contribution in [0.2, 0.25) is 0 Å². The Morgan fingerprint density at radius 2 is 2.08 bits per heavy atom. The molecule has 0 bridgehead atoms. The maximum Gasteiger partial charge on any atom is 0.433 e. The highest BCUT2D eigenvalue weighted by Gasteiger charge is 2.32. The summed E-state index contributed by atoms with van der Waals surface area (Å²) in [6.07, 6.45) is -1.92. The van der Waals surface area contributed by atoms with Crippen LogP contribution in [0, 0.1) is 0 Å². The highest BCUT2D eigenvalue weighted by atomic mass is 19.4. The van der Waals surface area contributed by atoms with Crippen LogP contribution in [-0.2, 0) is 6.18 Å². The van der Waals surface area contributed by atoms with E-state index in [1.807, 2.05) is 0 Å². The van der Waals surface area contributed by atoms with Crippen LogP contribution in [0.3, 0.4) is 0 Å². The standard InChI is InChI=1S/C8H6F3N/c1-2-6-3-4-12-7(5-6)8(9,10)11/h2-5H,1H2. The summed E-state index contributed by atoms with van der Waals surface area (Å²) in [5.41, 5.74) is -0.475. The van der Waals surface area contributed by atoms with E-state index in [0.29, 0.717) is 5.56 Å².